The number of rotatable bonds is 7. The number of hydrogen-bond donors (Lipinski definition) is 2. The van der Waals surface area contributed by atoms with E-state index in [0.29, 0.717) is 18.6 Å². The molecule has 19 heavy (non-hydrogen) atoms. The van der Waals surface area contributed by atoms with Crippen molar-refractivity contribution in [2.24, 2.45) is 5.92 Å². The maximum atomic E-state index is 9.99. The molecular weight excluding hydrogens is 238 g/mol. The largest absolute Gasteiger partial charge is 0.394 e. The van der Waals surface area contributed by atoms with E-state index in [-0.39, 0.29) is 5.54 Å². The smallest absolute Gasteiger partial charge is 0.0628 e. The quantitative estimate of drug-likeness (QED) is 0.705. The number of nitrogens with zero attached hydrogens (tertiary/aromatic N) is 2. The third-order valence-corrected chi connectivity index (χ3v) is 5.13. The van der Waals surface area contributed by atoms with E-state index in [1.165, 1.54) is 45.3 Å². The highest BCUT2D eigenvalue weighted by Crippen LogP contribution is 2.42. The molecule has 3 rings (SSSR count). The molecule has 0 radical (unpaired) electrons. The molecule has 4 nitrogen and oxygen atoms in total. The summed E-state index contributed by atoms with van der Waals surface area (Å²) < 4.78 is 0. The van der Waals surface area contributed by atoms with Gasteiger partial charge in [-0.3, -0.25) is 4.90 Å². The van der Waals surface area contributed by atoms with Crippen LogP contribution in [0, 0.1) is 5.92 Å². The van der Waals surface area contributed by atoms with Crippen molar-refractivity contribution < 1.29 is 5.11 Å². The standard InChI is InChI=1S/C15H29N3O/c1-2-17-7-9-18(10-8-17)11-15(12-19,13-3-4-13)16-14-5-6-14/h13-14,16,19H,2-12H2,1H3. The van der Waals surface area contributed by atoms with Crippen LogP contribution in [0.3, 0.4) is 0 Å². The van der Waals surface area contributed by atoms with E-state index < -0.39 is 0 Å². The first-order valence-corrected chi connectivity index (χ1v) is 8.09. The van der Waals surface area contributed by atoms with Crippen LogP contribution in [0.1, 0.15) is 32.6 Å². The minimum atomic E-state index is -0.00441. The molecule has 1 atom stereocenters. The van der Waals surface area contributed by atoms with Gasteiger partial charge in [-0.2, -0.15) is 0 Å². The van der Waals surface area contributed by atoms with E-state index in [2.05, 4.69) is 22.0 Å². The van der Waals surface area contributed by atoms with Gasteiger partial charge >= 0.3 is 0 Å². The summed E-state index contributed by atoms with van der Waals surface area (Å²) in [4.78, 5) is 5.08. The van der Waals surface area contributed by atoms with Gasteiger partial charge in [0.05, 0.1) is 12.1 Å². The second kappa shape index (κ2) is 5.68. The Balaban J connectivity index is 1.57. The first kappa shape index (κ1) is 13.8. The van der Waals surface area contributed by atoms with E-state index >= 15 is 0 Å². The highest BCUT2D eigenvalue weighted by molar-refractivity contribution is 5.06. The van der Waals surface area contributed by atoms with Gasteiger partial charge in [-0.05, 0) is 38.1 Å². The Morgan fingerprint density at radius 1 is 1.05 bits per heavy atom. The molecule has 2 N–H and O–H groups in total. The van der Waals surface area contributed by atoms with Crippen molar-refractivity contribution in [1.29, 1.82) is 0 Å². The second-order valence-electron chi connectivity index (χ2n) is 6.72. The van der Waals surface area contributed by atoms with Crippen LogP contribution in [-0.4, -0.2) is 72.4 Å². The first-order valence-electron chi connectivity index (χ1n) is 8.09. The van der Waals surface area contributed by atoms with Crippen LogP contribution in [0.25, 0.3) is 0 Å². The molecule has 0 aromatic rings. The molecular formula is C15H29N3O. The van der Waals surface area contributed by atoms with Gasteiger partial charge in [0, 0.05) is 38.8 Å². The van der Waals surface area contributed by atoms with Crippen molar-refractivity contribution in [2.75, 3.05) is 45.9 Å². The lowest BCUT2D eigenvalue weighted by atomic mass is 9.92. The molecule has 3 fully saturated rings. The topological polar surface area (TPSA) is 38.7 Å². The molecule has 3 aliphatic rings. The zero-order chi connectivity index (χ0) is 13.3. The summed E-state index contributed by atoms with van der Waals surface area (Å²) in [6, 6.07) is 0.685. The Labute approximate surface area is 117 Å². The number of likely N-dealkylation sites (N-methyl/N-ethyl adjacent to an activating group) is 1. The summed E-state index contributed by atoms with van der Waals surface area (Å²) in [5.74, 6) is 0.710. The van der Waals surface area contributed by atoms with E-state index in [1.807, 2.05) is 0 Å². The molecule has 4 heteroatoms. The Kier molecular flexibility index (Phi) is 4.13. The van der Waals surface area contributed by atoms with Crippen LogP contribution < -0.4 is 5.32 Å². The molecule has 1 heterocycles. The lowest BCUT2D eigenvalue weighted by Gasteiger charge is -2.42. The summed E-state index contributed by atoms with van der Waals surface area (Å²) >= 11 is 0. The normalized spacial score (nSPS) is 29.4. The number of hydrogen-bond acceptors (Lipinski definition) is 4. The predicted octanol–water partition coefficient (Wildman–Crippen LogP) is 0.517. The molecule has 1 unspecified atom stereocenters. The predicted molar refractivity (Wildman–Crippen MR) is 77.3 cm³/mol. The van der Waals surface area contributed by atoms with Crippen LogP contribution in [0.2, 0.25) is 0 Å². The molecule has 110 valence electrons. The molecule has 2 saturated carbocycles. The van der Waals surface area contributed by atoms with Crippen LogP contribution in [-0.2, 0) is 0 Å². The van der Waals surface area contributed by atoms with Crippen molar-refractivity contribution in [3.8, 4) is 0 Å². The minimum absolute atomic E-state index is 0.00441. The maximum absolute atomic E-state index is 9.99. The highest BCUT2D eigenvalue weighted by atomic mass is 16.3. The molecule has 0 bridgehead atoms. The third-order valence-electron chi connectivity index (χ3n) is 5.13. The van der Waals surface area contributed by atoms with Gasteiger partial charge in [0.2, 0.25) is 0 Å². The second-order valence-corrected chi connectivity index (χ2v) is 6.72. The molecule has 2 aliphatic carbocycles. The monoisotopic (exact) mass is 267 g/mol. The number of aliphatic hydroxyl groups excluding tert-OH is 1. The average Bonchev–Trinajstić information content (AvgIpc) is 3.31. The summed E-state index contributed by atoms with van der Waals surface area (Å²) in [6.07, 6.45) is 5.21. The van der Waals surface area contributed by atoms with E-state index in [1.54, 1.807) is 0 Å². The van der Waals surface area contributed by atoms with Crippen LogP contribution >= 0.6 is 0 Å². The summed E-state index contributed by atoms with van der Waals surface area (Å²) in [5.41, 5.74) is -0.00441. The molecule has 1 saturated heterocycles. The highest BCUT2D eigenvalue weighted by Gasteiger charge is 2.48. The Bertz CT molecular complexity index is 296. The van der Waals surface area contributed by atoms with Crippen molar-refractivity contribution in [2.45, 2.75) is 44.2 Å². The van der Waals surface area contributed by atoms with Crippen molar-refractivity contribution >= 4 is 0 Å². The number of nitrogens with one attached hydrogen (secondary N) is 1. The van der Waals surface area contributed by atoms with E-state index in [9.17, 15) is 5.11 Å². The van der Waals surface area contributed by atoms with Crippen molar-refractivity contribution in [3.05, 3.63) is 0 Å². The van der Waals surface area contributed by atoms with Gasteiger partial charge in [-0.25, -0.2) is 0 Å². The summed E-state index contributed by atoms with van der Waals surface area (Å²) in [5, 5.41) is 13.8. The van der Waals surface area contributed by atoms with Gasteiger partial charge in [-0.1, -0.05) is 6.92 Å². The van der Waals surface area contributed by atoms with Crippen molar-refractivity contribution in [3.63, 3.8) is 0 Å². The average molecular weight is 267 g/mol. The molecule has 0 spiro atoms. The fraction of sp³-hybridized carbons (Fsp3) is 1.00. The fourth-order valence-corrected chi connectivity index (χ4v) is 3.45. The van der Waals surface area contributed by atoms with Gasteiger partial charge in [-0.15, -0.1) is 0 Å². The van der Waals surface area contributed by atoms with Crippen LogP contribution in [0.15, 0.2) is 0 Å². The van der Waals surface area contributed by atoms with Crippen molar-refractivity contribution in [1.82, 2.24) is 15.1 Å². The molecule has 1 aliphatic heterocycles. The zero-order valence-corrected chi connectivity index (χ0v) is 12.3. The Morgan fingerprint density at radius 3 is 2.16 bits per heavy atom. The number of aliphatic hydroxyl groups is 1. The van der Waals surface area contributed by atoms with E-state index in [0.717, 1.165) is 19.6 Å². The minimum Gasteiger partial charge on any atom is -0.394 e. The molecule has 0 aromatic heterocycles. The first-order chi connectivity index (χ1) is 9.25. The van der Waals surface area contributed by atoms with Gasteiger partial charge < -0.3 is 15.3 Å². The fourth-order valence-electron chi connectivity index (χ4n) is 3.45. The van der Waals surface area contributed by atoms with E-state index in [4.69, 9.17) is 0 Å². The summed E-state index contributed by atoms with van der Waals surface area (Å²) in [7, 11) is 0. The van der Waals surface area contributed by atoms with Crippen LogP contribution in [0.4, 0.5) is 0 Å². The third kappa shape index (κ3) is 3.30. The molecule has 0 amide bonds. The lowest BCUT2D eigenvalue weighted by Crippen LogP contribution is -2.61. The zero-order valence-electron chi connectivity index (χ0n) is 12.3. The SMILES string of the molecule is CCN1CCN(CC(CO)(NC2CC2)C2CC2)CC1. The maximum Gasteiger partial charge on any atom is 0.0628 e. The van der Waals surface area contributed by atoms with Gasteiger partial charge in [0.25, 0.3) is 0 Å². The van der Waals surface area contributed by atoms with Gasteiger partial charge in [0.15, 0.2) is 0 Å². The van der Waals surface area contributed by atoms with Gasteiger partial charge in [0.1, 0.15) is 0 Å². The summed E-state index contributed by atoms with van der Waals surface area (Å²) in [6.45, 7) is 9.46. The Morgan fingerprint density at radius 2 is 1.68 bits per heavy atom. The number of piperazine rings is 1. The van der Waals surface area contributed by atoms with Crippen LogP contribution in [0.5, 0.6) is 0 Å². The Hall–Kier alpha value is -0.160. The lowest BCUT2D eigenvalue weighted by molar-refractivity contribution is 0.0602. The molecule has 0 aromatic carbocycles.